The fraction of sp³-hybridized carbons (Fsp3) is 0.719. The second-order valence-electron chi connectivity index (χ2n) is 23.0. The van der Waals surface area contributed by atoms with Gasteiger partial charge < -0.3 is 70.1 Å². The summed E-state index contributed by atoms with van der Waals surface area (Å²) in [6.45, 7) is 19.5. The average Bonchev–Trinajstić information content (AvgIpc) is 3.47. The van der Waals surface area contributed by atoms with Crippen molar-refractivity contribution in [2.45, 2.75) is 208 Å². The number of hydrogen-bond acceptors (Lipinski definition) is 18. The molecule has 8 atom stereocenters. The van der Waals surface area contributed by atoms with Crippen molar-refractivity contribution in [1.82, 2.24) is 9.80 Å². The molecule has 0 aromatic heterocycles. The van der Waals surface area contributed by atoms with Gasteiger partial charge in [0, 0.05) is 50.6 Å². The van der Waals surface area contributed by atoms with E-state index in [-0.39, 0.29) is 50.1 Å². The molecule has 8 N–H and O–H groups in total. The van der Waals surface area contributed by atoms with Crippen molar-refractivity contribution in [3.05, 3.63) is 47.5 Å². The van der Waals surface area contributed by atoms with Crippen LogP contribution in [0.1, 0.15) is 195 Å². The number of Topliss-reactive ketones (excluding diaryl/α,β-unsaturated/α-hetero) is 2. The van der Waals surface area contributed by atoms with E-state index in [1.807, 2.05) is 64.1 Å². The number of benzene rings is 2. The van der Waals surface area contributed by atoms with Gasteiger partial charge >= 0.3 is 23.9 Å². The third-order valence-corrected chi connectivity index (χ3v) is 15.4. The number of carbonyl (C=O) groups is 6. The first-order valence-corrected chi connectivity index (χ1v) is 30.2. The number of carboxylic acid groups (broad SMARTS) is 2. The van der Waals surface area contributed by atoms with Gasteiger partial charge in [-0.05, 0) is 112 Å². The van der Waals surface area contributed by atoms with E-state index in [1.165, 1.54) is 38.5 Å². The summed E-state index contributed by atoms with van der Waals surface area (Å²) in [7, 11) is 0. The first-order valence-electron chi connectivity index (χ1n) is 30.2. The van der Waals surface area contributed by atoms with Gasteiger partial charge in [-0.15, -0.1) is 0 Å². The molecule has 2 fully saturated rings. The van der Waals surface area contributed by atoms with Gasteiger partial charge in [-0.25, -0.2) is 9.59 Å². The van der Waals surface area contributed by atoms with Crippen molar-refractivity contribution < 1.29 is 77.6 Å². The SMILES string of the molecule is C.C.CCCCCCCC(=O)C[C@H](CN1CCCC1)[C@H](OC(=O)[C@@H](N)C(C)C)c1ccc2c(c1)OCCO2.CCCCCCCC(=O)C[C@H](CN1CCCC1)[C@H](OC(=O)[C@@H](N)C(C)C)c1ccc2c(c1)OCCO2.O=C(O)[C@@H](O)[C@H](O)C(=O)O. The molecule has 0 spiro atoms. The lowest BCUT2D eigenvalue weighted by Gasteiger charge is -2.32. The summed E-state index contributed by atoms with van der Waals surface area (Å²) in [6.07, 6.45) is 12.0. The van der Waals surface area contributed by atoms with Gasteiger partial charge in [0.25, 0.3) is 0 Å². The molecule has 0 amide bonds. The predicted octanol–water partition coefficient (Wildman–Crippen LogP) is 9.26. The molecule has 6 rings (SSSR count). The minimum Gasteiger partial charge on any atom is -0.486 e. The monoisotopic (exact) mass is 1190 g/mol. The summed E-state index contributed by atoms with van der Waals surface area (Å²) >= 11 is 0. The molecule has 0 bridgehead atoms. The molecule has 0 saturated carbocycles. The van der Waals surface area contributed by atoms with Gasteiger partial charge in [-0.3, -0.25) is 19.2 Å². The number of aliphatic hydroxyl groups is 2. The van der Waals surface area contributed by atoms with Crippen LogP contribution in [0, 0.1) is 23.7 Å². The van der Waals surface area contributed by atoms with Crippen molar-refractivity contribution in [1.29, 1.82) is 0 Å². The number of nitrogens with two attached hydrogens (primary N) is 2. The number of unbranched alkanes of at least 4 members (excludes halogenated alkanes) is 8. The number of aliphatic carboxylic acids is 2. The van der Waals surface area contributed by atoms with Crippen LogP contribution in [0.5, 0.6) is 23.0 Å². The van der Waals surface area contributed by atoms with Gasteiger partial charge in [0.2, 0.25) is 0 Å². The minimum absolute atomic E-state index is 0. The lowest BCUT2D eigenvalue weighted by atomic mass is 9.88. The van der Waals surface area contributed by atoms with E-state index in [4.69, 9.17) is 60.3 Å². The number of hydrogen-bond donors (Lipinski definition) is 6. The molecule has 0 aliphatic carbocycles. The molecule has 478 valence electrons. The number of rotatable bonds is 33. The zero-order valence-corrected chi connectivity index (χ0v) is 49.8. The molecular formula is C64H106N4O16. The molecule has 2 aromatic rings. The van der Waals surface area contributed by atoms with Crippen molar-refractivity contribution in [3.8, 4) is 23.0 Å². The van der Waals surface area contributed by atoms with E-state index < -0.39 is 60.4 Å². The Morgan fingerprint density at radius 3 is 1.14 bits per heavy atom. The van der Waals surface area contributed by atoms with E-state index in [2.05, 4.69) is 23.6 Å². The average molecular weight is 1190 g/mol. The van der Waals surface area contributed by atoms with E-state index in [0.29, 0.717) is 88.2 Å². The van der Waals surface area contributed by atoms with Crippen molar-refractivity contribution >= 4 is 35.4 Å². The zero-order valence-electron chi connectivity index (χ0n) is 49.8. The van der Waals surface area contributed by atoms with Crippen LogP contribution in [0.3, 0.4) is 0 Å². The van der Waals surface area contributed by atoms with E-state index >= 15 is 0 Å². The van der Waals surface area contributed by atoms with Crippen LogP contribution < -0.4 is 30.4 Å². The molecule has 4 aliphatic rings. The largest absolute Gasteiger partial charge is 0.486 e. The highest BCUT2D eigenvalue weighted by atomic mass is 16.6. The van der Waals surface area contributed by atoms with Crippen molar-refractivity contribution in [3.63, 3.8) is 0 Å². The molecular weight excluding hydrogens is 1080 g/mol. The lowest BCUT2D eigenvalue weighted by molar-refractivity contribution is -0.165. The summed E-state index contributed by atoms with van der Waals surface area (Å²) < 4.78 is 35.3. The molecule has 20 nitrogen and oxygen atoms in total. The normalized spacial score (nSPS) is 17.4. The number of fused-ring (bicyclic) bond motifs is 2. The molecule has 20 heteroatoms. The number of ether oxygens (including phenoxy) is 6. The standard InChI is InChI=1S/2C29H46N2O5.C4H6O6.2CH4/c2*1-4-5-6-7-8-11-24(32)18-23(20-31-14-9-10-15-31)28(36-29(33)27(30)21(2)3)22-12-13-25-26(19-22)35-17-16-34-25;5-1(3(7)8)2(6)4(9)10;;/h2*12-13,19,21,23,27-28H,4-11,14-18,20,30H2,1-3H3;1-2,5-6H,(H,7,8)(H,9,10);2*1H4/t2*23-,27+,28-;1-,2-;;/m110../s1. The second kappa shape index (κ2) is 40.1. The quantitative estimate of drug-likeness (QED) is 0.0286. The summed E-state index contributed by atoms with van der Waals surface area (Å²) in [4.78, 5) is 76.7. The molecule has 4 aliphatic heterocycles. The van der Waals surface area contributed by atoms with Gasteiger partial charge in [-0.1, -0.05) is 120 Å². The number of ketones is 2. The van der Waals surface area contributed by atoms with Crippen LogP contribution in [-0.2, 0) is 38.2 Å². The number of aliphatic hydroxyl groups excluding tert-OH is 2. The smallest absolute Gasteiger partial charge is 0.335 e. The Labute approximate surface area is 500 Å². The highest BCUT2D eigenvalue weighted by molar-refractivity contribution is 5.83. The maximum absolute atomic E-state index is 13.1. The summed E-state index contributed by atoms with van der Waals surface area (Å²) in [5.74, 6) is -1.64. The topological polar surface area (TPSA) is 297 Å². The number of likely N-dealkylation sites (tertiary alicyclic amines) is 2. The van der Waals surface area contributed by atoms with E-state index in [0.717, 1.165) is 88.7 Å². The predicted molar refractivity (Wildman–Crippen MR) is 323 cm³/mol. The first kappa shape index (κ1) is 74.7. The fourth-order valence-corrected chi connectivity index (χ4v) is 10.3. The third-order valence-electron chi connectivity index (χ3n) is 15.4. The minimum atomic E-state index is -2.27. The van der Waals surface area contributed by atoms with Crippen molar-refractivity contribution in [2.75, 3.05) is 65.7 Å². The van der Waals surface area contributed by atoms with Gasteiger partial charge in [-0.2, -0.15) is 0 Å². The number of nitrogens with zero attached hydrogens (tertiary/aromatic N) is 2. The molecule has 0 unspecified atom stereocenters. The first-order chi connectivity index (χ1) is 39.2. The van der Waals surface area contributed by atoms with Crippen LogP contribution in [0.4, 0.5) is 0 Å². The molecule has 2 saturated heterocycles. The fourth-order valence-electron chi connectivity index (χ4n) is 10.3. The van der Waals surface area contributed by atoms with Crippen LogP contribution in [0.15, 0.2) is 36.4 Å². The number of esters is 2. The Hall–Kier alpha value is -5.38. The van der Waals surface area contributed by atoms with E-state index in [9.17, 15) is 28.8 Å². The van der Waals surface area contributed by atoms with E-state index in [1.54, 1.807) is 0 Å². The Morgan fingerprint density at radius 1 is 0.512 bits per heavy atom. The Balaban J connectivity index is 0.000000483. The van der Waals surface area contributed by atoms with Gasteiger partial charge in [0.1, 0.15) is 62.3 Å². The Kier molecular flexibility index (Phi) is 35.7. The third kappa shape index (κ3) is 25.7. The lowest BCUT2D eigenvalue weighted by Crippen LogP contribution is -2.40. The molecule has 4 heterocycles. The highest BCUT2D eigenvalue weighted by Crippen LogP contribution is 2.40. The number of carbonyl (C=O) groups excluding carboxylic acids is 4. The van der Waals surface area contributed by atoms with Crippen molar-refractivity contribution in [2.24, 2.45) is 35.1 Å². The summed E-state index contributed by atoms with van der Waals surface area (Å²) in [5.41, 5.74) is 14.0. The van der Waals surface area contributed by atoms with Gasteiger partial charge in [0.15, 0.2) is 35.2 Å². The van der Waals surface area contributed by atoms with Crippen LogP contribution in [0.25, 0.3) is 0 Å². The summed E-state index contributed by atoms with van der Waals surface area (Å²) in [5, 5.41) is 32.5. The maximum Gasteiger partial charge on any atom is 0.335 e. The Morgan fingerprint density at radius 2 is 0.833 bits per heavy atom. The molecule has 0 radical (unpaired) electrons. The van der Waals surface area contributed by atoms with Crippen LogP contribution in [0.2, 0.25) is 0 Å². The second-order valence-corrected chi connectivity index (χ2v) is 23.0. The molecule has 2 aromatic carbocycles. The Bertz CT molecular complexity index is 2110. The molecule has 84 heavy (non-hydrogen) atoms. The van der Waals surface area contributed by atoms with Gasteiger partial charge in [0.05, 0.1) is 0 Å². The van der Waals surface area contributed by atoms with Crippen LogP contribution >= 0.6 is 0 Å². The van der Waals surface area contributed by atoms with Crippen LogP contribution in [-0.4, -0.2) is 156 Å². The number of carboxylic acids is 2. The highest BCUT2D eigenvalue weighted by Gasteiger charge is 2.36. The summed E-state index contributed by atoms with van der Waals surface area (Å²) in [6, 6.07) is 9.97. The maximum atomic E-state index is 13.1. The zero-order chi connectivity index (χ0) is 60.1.